The zero-order valence-corrected chi connectivity index (χ0v) is 19.1. The van der Waals surface area contributed by atoms with Crippen LogP contribution in [0.3, 0.4) is 0 Å². The van der Waals surface area contributed by atoms with Crippen LogP contribution in [0.15, 0.2) is 65.2 Å². The van der Waals surface area contributed by atoms with Crippen molar-refractivity contribution in [3.63, 3.8) is 0 Å². The molecule has 0 saturated heterocycles. The van der Waals surface area contributed by atoms with Gasteiger partial charge in [-0.1, -0.05) is 44.2 Å². The number of hydrogen-bond acceptors (Lipinski definition) is 6. The Morgan fingerprint density at radius 2 is 1.84 bits per heavy atom. The molecule has 1 aliphatic heterocycles. The predicted molar refractivity (Wildman–Crippen MR) is 125 cm³/mol. The Bertz CT molecular complexity index is 1210. The first-order valence-electron chi connectivity index (χ1n) is 10.3. The molecule has 1 aliphatic rings. The summed E-state index contributed by atoms with van der Waals surface area (Å²) in [6.07, 6.45) is 0. The van der Waals surface area contributed by atoms with Crippen LogP contribution in [0.25, 0.3) is 11.3 Å². The lowest BCUT2D eigenvalue weighted by molar-refractivity contribution is -0.119. The molecule has 2 aromatic carbocycles. The van der Waals surface area contributed by atoms with E-state index >= 15 is 0 Å². The number of amides is 1. The maximum Gasteiger partial charge on any atom is 0.294 e. The van der Waals surface area contributed by atoms with Crippen LogP contribution in [0, 0.1) is 12.8 Å². The number of aliphatic hydroxyl groups excluding tert-OH is 1. The molecule has 0 fully saturated rings. The molecular formula is C25H24N2O4S. The third-order valence-corrected chi connectivity index (χ3v) is 6.27. The molecule has 164 valence electrons. The van der Waals surface area contributed by atoms with Crippen LogP contribution in [0.1, 0.15) is 30.5 Å². The molecule has 6 nitrogen and oxygen atoms in total. The van der Waals surface area contributed by atoms with Crippen molar-refractivity contribution in [3.8, 4) is 17.0 Å². The summed E-state index contributed by atoms with van der Waals surface area (Å²) in [4.78, 5) is 32.2. The number of methoxy groups -OCH3 is 1. The van der Waals surface area contributed by atoms with Gasteiger partial charge in [0.2, 0.25) is 0 Å². The van der Waals surface area contributed by atoms with Gasteiger partial charge in [-0.2, -0.15) is 0 Å². The first-order chi connectivity index (χ1) is 15.3. The van der Waals surface area contributed by atoms with Crippen molar-refractivity contribution in [2.75, 3.05) is 12.0 Å². The fourth-order valence-electron chi connectivity index (χ4n) is 3.91. The van der Waals surface area contributed by atoms with Crippen molar-refractivity contribution in [1.82, 2.24) is 4.98 Å². The number of para-hydroxylation sites is 1. The third kappa shape index (κ3) is 3.69. The van der Waals surface area contributed by atoms with Crippen molar-refractivity contribution in [3.05, 3.63) is 75.8 Å². The van der Waals surface area contributed by atoms with E-state index in [1.54, 1.807) is 43.4 Å². The van der Waals surface area contributed by atoms with Gasteiger partial charge in [-0.3, -0.25) is 14.5 Å². The second-order valence-electron chi connectivity index (χ2n) is 7.90. The molecule has 1 amide bonds. The minimum Gasteiger partial charge on any atom is -0.503 e. The topological polar surface area (TPSA) is 79.7 Å². The molecule has 1 atom stereocenters. The predicted octanol–water partition coefficient (Wildman–Crippen LogP) is 5.25. The minimum atomic E-state index is -0.791. The van der Waals surface area contributed by atoms with E-state index in [2.05, 4.69) is 4.98 Å². The molecule has 0 spiro atoms. The molecule has 4 rings (SSSR count). The van der Waals surface area contributed by atoms with Crippen molar-refractivity contribution in [2.24, 2.45) is 5.92 Å². The van der Waals surface area contributed by atoms with Crippen LogP contribution >= 0.6 is 11.3 Å². The number of aryl methyl sites for hydroxylation is 1. The Hall–Kier alpha value is -3.45. The lowest BCUT2D eigenvalue weighted by Gasteiger charge is -2.28. The largest absolute Gasteiger partial charge is 0.503 e. The van der Waals surface area contributed by atoms with E-state index in [4.69, 9.17) is 4.74 Å². The highest BCUT2D eigenvalue weighted by Gasteiger charge is 2.45. The lowest BCUT2D eigenvalue weighted by Crippen LogP contribution is -2.31. The summed E-state index contributed by atoms with van der Waals surface area (Å²) in [5.41, 5.74) is 3.09. The monoisotopic (exact) mass is 448 g/mol. The molecule has 1 N–H and O–H groups in total. The van der Waals surface area contributed by atoms with Crippen LogP contribution in [-0.2, 0) is 9.59 Å². The van der Waals surface area contributed by atoms with E-state index in [0.29, 0.717) is 17.0 Å². The summed E-state index contributed by atoms with van der Waals surface area (Å²) in [6.45, 7) is 5.45. The van der Waals surface area contributed by atoms with Crippen LogP contribution in [0.5, 0.6) is 5.75 Å². The second-order valence-corrected chi connectivity index (χ2v) is 8.96. The van der Waals surface area contributed by atoms with E-state index in [9.17, 15) is 14.7 Å². The summed E-state index contributed by atoms with van der Waals surface area (Å²) < 4.78 is 5.52. The Labute approximate surface area is 190 Å². The minimum absolute atomic E-state index is 0.0914. The fraction of sp³-hybridized carbons (Fsp3) is 0.240. The molecule has 32 heavy (non-hydrogen) atoms. The first kappa shape index (κ1) is 21.8. The number of hydrogen-bond donors (Lipinski definition) is 1. The van der Waals surface area contributed by atoms with E-state index in [1.807, 2.05) is 42.6 Å². The smallest absolute Gasteiger partial charge is 0.294 e. The molecule has 0 bridgehead atoms. The lowest BCUT2D eigenvalue weighted by atomic mass is 9.90. The van der Waals surface area contributed by atoms with Gasteiger partial charge in [0.15, 0.2) is 11.5 Å². The van der Waals surface area contributed by atoms with Crippen molar-refractivity contribution >= 4 is 28.7 Å². The SMILES string of the molecule is COc1ccccc1C1C(C(=O)C(C)C)=C(O)C(=O)N1c1ccc(-c2csc(C)n2)cc1. The molecule has 1 aromatic heterocycles. The number of Topliss-reactive ketones (excluding diaryl/α,β-unsaturated/α-hetero) is 1. The maximum absolute atomic E-state index is 13.2. The molecule has 0 aliphatic carbocycles. The van der Waals surface area contributed by atoms with Crippen molar-refractivity contribution in [1.29, 1.82) is 0 Å². The zero-order chi connectivity index (χ0) is 23.0. The molecule has 0 radical (unpaired) electrons. The van der Waals surface area contributed by atoms with Gasteiger partial charge in [0.1, 0.15) is 5.75 Å². The summed E-state index contributed by atoms with van der Waals surface area (Å²) in [5, 5.41) is 13.7. The number of aliphatic hydroxyl groups is 1. The van der Waals surface area contributed by atoms with Crippen LogP contribution in [0.4, 0.5) is 5.69 Å². The Kier molecular flexibility index (Phi) is 5.84. The molecule has 3 aromatic rings. The number of thiazole rings is 1. The van der Waals surface area contributed by atoms with Crippen molar-refractivity contribution in [2.45, 2.75) is 26.8 Å². The van der Waals surface area contributed by atoms with Crippen LogP contribution < -0.4 is 9.64 Å². The second kappa shape index (κ2) is 8.59. The number of anilines is 1. The van der Waals surface area contributed by atoms with Crippen molar-refractivity contribution < 1.29 is 19.4 Å². The molecule has 0 saturated carbocycles. The van der Waals surface area contributed by atoms with E-state index in [1.165, 1.54) is 12.0 Å². The molecule has 1 unspecified atom stereocenters. The highest BCUT2D eigenvalue weighted by molar-refractivity contribution is 7.09. The molecule has 2 heterocycles. The zero-order valence-electron chi connectivity index (χ0n) is 18.3. The Balaban J connectivity index is 1.83. The third-order valence-electron chi connectivity index (χ3n) is 5.49. The quantitative estimate of drug-likeness (QED) is 0.557. The molecule has 7 heteroatoms. The van der Waals surface area contributed by atoms with Crippen LogP contribution in [-0.4, -0.2) is 28.9 Å². The van der Waals surface area contributed by atoms with Gasteiger partial charge < -0.3 is 9.84 Å². The number of rotatable bonds is 6. The van der Waals surface area contributed by atoms with Gasteiger partial charge in [-0.25, -0.2) is 4.98 Å². The van der Waals surface area contributed by atoms with Gasteiger partial charge in [-0.05, 0) is 25.1 Å². The van der Waals surface area contributed by atoms with Gasteiger partial charge in [0, 0.05) is 28.1 Å². The average Bonchev–Trinajstić information content (AvgIpc) is 3.34. The Morgan fingerprint density at radius 3 is 2.44 bits per heavy atom. The summed E-state index contributed by atoms with van der Waals surface area (Å²) in [6, 6.07) is 13.8. The summed E-state index contributed by atoms with van der Waals surface area (Å²) >= 11 is 1.57. The normalized spacial score (nSPS) is 16.2. The summed E-state index contributed by atoms with van der Waals surface area (Å²) in [7, 11) is 1.54. The van der Waals surface area contributed by atoms with E-state index in [-0.39, 0.29) is 17.3 Å². The standard InChI is InChI=1S/C25H24N2O4S/c1-14(2)23(28)21-22(18-7-5-6-8-20(18)31-4)27(25(30)24(21)29)17-11-9-16(10-12-17)19-13-32-15(3)26-19/h5-14,22,29H,1-4H3. The summed E-state index contributed by atoms with van der Waals surface area (Å²) in [5.74, 6) is -1.24. The highest BCUT2D eigenvalue weighted by Crippen LogP contribution is 2.44. The highest BCUT2D eigenvalue weighted by atomic mass is 32.1. The maximum atomic E-state index is 13.2. The fourth-order valence-corrected chi connectivity index (χ4v) is 4.53. The van der Waals surface area contributed by atoms with Gasteiger partial charge >= 0.3 is 0 Å². The van der Waals surface area contributed by atoms with E-state index < -0.39 is 17.7 Å². The van der Waals surface area contributed by atoms with Gasteiger partial charge in [-0.15, -0.1) is 11.3 Å². The average molecular weight is 449 g/mol. The van der Waals surface area contributed by atoms with Gasteiger partial charge in [0.05, 0.1) is 29.4 Å². The van der Waals surface area contributed by atoms with Gasteiger partial charge in [0.25, 0.3) is 5.91 Å². The van der Waals surface area contributed by atoms with E-state index in [0.717, 1.165) is 16.3 Å². The number of ether oxygens (including phenoxy) is 1. The number of carbonyl (C=O) groups is 2. The number of nitrogens with zero attached hydrogens (tertiary/aromatic N) is 2. The number of aromatic nitrogens is 1. The number of benzene rings is 2. The number of ketones is 1. The Morgan fingerprint density at radius 1 is 1.16 bits per heavy atom. The molecular weight excluding hydrogens is 424 g/mol. The first-order valence-corrected chi connectivity index (χ1v) is 11.2. The van der Waals surface area contributed by atoms with Crippen LogP contribution in [0.2, 0.25) is 0 Å². The number of carbonyl (C=O) groups excluding carboxylic acids is 2.